The molecule has 1 aliphatic carbocycles. The van der Waals surface area contributed by atoms with Gasteiger partial charge >= 0.3 is 0 Å². The molecule has 4 rings (SSSR count). The van der Waals surface area contributed by atoms with Crippen molar-refractivity contribution in [2.75, 3.05) is 37.6 Å². The van der Waals surface area contributed by atoms with Crippen molar-refractivity contribution in [1.82, 2.24) is 4.90 Å². The van der Waals surface area contributed by atoms with E-state index in [1.165, 1.54) is 37.3 Å². The van der Waals surface area contributed by atoms with Crippen LogP contribution in [-0.4, -0.2) is 43.8 Å². The molecule has 2 nitrogen and oxygen atoms in total. The fourth-order valence-corrected chi connectivity index (χ4v) is 4.39. The number of nitrogens with zero attached hydrogens (tertiary/aromatic N) is 2. The molecule has 1 aromatic carbocycles. The number of hydrogen-bond acceptors (Lipinski definition) is 2. The smallest absolute Gasteiger partial charge is 0.103 e. The van der Waals surface area contributed by atoms with Gasteiger partial charge in [0.15, 0.2) is 0 Å². The summed E-state index contributed by atoms with van der Waals surface area (Å²) in [6.45, 7) is 7.67. The van der Waals surface area contributed by atoms with Gasteiger partial charge in [0, 0.05) is 37.3 Å². The number of benzene rings is 1. The number of likely N-dealkylation sites (tertiary alicyclic amines) is 1. The zero-order valence-corrected chi connectivity index (χ0v) is 12.9. The molecule has 0 N–H and O–H groups in total. The van der Waals surface area contributed by atoms with Gasteiger partial charge in [-0.25, -0.2) is 4.39 Å². The van der Waals surface area contributed by atoms with Crippen molar-refractivity contribution < 1.29 is 4.39 Å². The average molecular weight is 288 g/mol. The second-order valence-corrected chi connectivity index (χ2v) is 7.09. The van der Waals surface area contributed by atoms with Crippen LogP contribution < -0.4 is 4.90 Å². The molecular formula is C18H25FN2. The quantitative estimate of drug-likeness (QED) is 0.842. The first-order valence-electron chi connectivity index (χ1n) is 8.43. The van der Waals surface area contributed by atoms with E-state index in [1.807, 2.05) is 0 Å². The Labute approximate surface area is 126 Å². The number of likely N-dealkylation sites (N-methyl/N-ethyl adjacent to an activating group) is 1. The van der Waals surface area contributed by atoms with E-state index in [0.29, 0.717) is 18.3 Å². The first kappa shape index (κ1) is 13.6. The topological polar surface area (TPSA) is 6.48 Å². The summed E-state index contributed by atoms with van der Waals surface area (Å²) in [6, 6.07) is 9.17. The normalized spacial score (nSPS) is 33.2. The molecule has 3 aliphatic rings. The summed E-state index contributed by atoms with van der Waals surface area (Å²) >= 11 is 0. The summed E-state index contributed by atoms with van der Waals surface area (Å²) in [5.41, 5.74) is 3.25. The summed E-state index contributed by atoms with van der Waals surface area (Å²) in [5, 5.41) is 0. The predicted molar refractivity (Wildman–Crippen MR) is 84.7 cm³/mol. The van der Waals surface area contributed by atoms with E-state index in [1.54, 1.807) is 0 Å². The highest BCUT2D eigenvalue weighted by Crippen LogP contribution is 2.58. The van der Waals surface area contributed by atoms with Crippen LogP contribution in [0.25, 0.3) is 0 Å². The lowest BCUT2D eigenvalue weighted by atomic mass is 9.94. The van der Waals surface area contributed by atoms with Crippen LogP contribution in [-0.2, 0) is 5.41 Å². The van der Waals surface area contributed by atoms with E-state index in [9.17, 15) is 4.39 Å². The number of anilines is 1. The molecule has 3 heteroatoms. The minimum absolute atomic E-state index is 0.459. The molecule has 0 bridgehead atoms. The molecule has 2 atom stereocenters. The van der Waals surface area contributed by atoms with E-state index in [4.69, 9.17) is 0 Å². The molecular weight excluding hydrogens is 263 g/mol. The maximum Gasteiger partial charge on any atom is 0.103 e. The number of hydrogen-bond donors (Lipinski definition) is 0. The molecule has 0 radical (unpaired) electrons. The van der Waals surface area contributed by atoms with Gasteiger partial charge in [-0.05, 0) is 49.4 Å². The second kappa shape index (κ2) is 4.98. The van der Waals surface area contributed by atoms with E-state index in [2.05, 4.69) is 41.0 Å². The van der Waals surface area contributed by atoms with Crippen LogP contribution in [0.2, 0.25) is 0 Å². The third-order valence-corrected chi connectivity index (χ3v) is 5.90. The van der Waals surface area contributed by atoms with Crippen LogP contribution in [0.4, 0.5) is 10.1 Å². The SMILES string of the molecule is CCN1CC2CC2(c2ccc(N3CCC(F)CC3)cc2)C1. The average Bonchev–Trinajstić information content (AvgIpc) is 3.10. The van der Waals surface area contributed by atoms with Gasteiger partial charge in [-0.15, -0.1) is 0 Å². The number of halogens is 1. The van der Waals surface area contributed by atoms with Crippen molar-refractivity contribution in [3.05, 3.63) is 29.8 Å². The van der Waals surface area contributed by atoms with Crippen molar-refractivity contribution in [3.63, 3.8) is 0 Å². The Kier molecular flexibility index (Phi) is 3.21. The lowest BCUT2D eigenvalue weighted by molar-refractivity contribution is 0.277. The van der Waals surface area contributed by atoms with Gasteiger partial charge in [0.1, 0.15) is 6.17 Å². The molecule has 0 spiro atoms. The van der Waals surface area contributed by atoms with Crippen molar-refractivity contribution in [3.8, 4) is 0 Å². The minimum atomic E-state index is -0.592. The molecule has 114 valence electrons. The Balaban J connectivity index is 1.48. The Morgan fingerprint density at radius 1 is 1.19 bits per heavy atom. The van der Waals surface area contributed by atoms with Crippen LogP contribution in [0.15, 0.2) is 24.3 Å². The van der Waals surface area contributed by atoms with Gasteiger partial charge in [0.25, 0.3) is 0 Å². The van der Waals surface area contributed by atoms with Crippen LogP contribution in [0.1, 0.15) is 31.7 Å². The Morgan fingerprint density at radius 3 is 2.52 bits per heavy atom. The van der Waals surface area contributed by atoms with E-state index >= 15 is 0 Å². The predicted octanol–water partition coefficient (Wildman–Crippen LogP) is 3.22. The number of alkyl halides is 1. The second-order valence-electron chi connectivity index (χ2n) is 7.09. The zero-order chi connectivity index (χ0) is 14.4. The number of rotatable bonds is 3. The molecule has 0 amide bonds. The van der Waals surface area contributed by atoms with Crippen LogP contribution >= 0.6 is 0 Å². The minimum Gasteiger partial charge on any atom is -0.371 e. The van der Waals surface area contributed by atoms with Gasteiger partial charge in [-0.1, -0.05) is 19.1 Å². The summed E-state index contributed by atoms with van der Waals surface area (Å²) in [7, 11) is 0. The fraction of sp³-hybridized carbons (Fsp3) is 0.667. The molecule has 1 aromatic rings. The third kappa shape index (κ3) is 2.26. The van der Waals surface area contributed by atoms with Crippen molar-refractivity contribution in [1.29, 1.82) is 0 Å². The lowest BCUT2D eigenvalue weighted by Crippen LogP contribution is -2.34. The van der Waals surface area contributed by atoms with Gasteiger partial charge < -0.3 is 9.80 Å². The Hall–Kier alpha value is -1.09. The van der Waals surface area contributed by atoms with Gasteiger partial charge in [-0.2, -0.15) is 0 Å². The maximum atomic E-state index is 13.2. The van der Waals surface area contributed by atoms with Crippen LogP contribution in [0.3, 0.4) is 0 Å². The monoisotopic (exact) mass is 288 g/mol. The molecule has 1 saturated carbocycles. The Morgan fingerprint density at radius 2 is 1.90 bits per heavy atom. The molecule has 2 unspecified atom stereocenters. The molecule has 21 heavy (non-hydrogen) atoms. The fourth-order valence-electron chi connectivity index (χ4n) is 4.39. The summed E-state index contributed by atoms with van der Waals surface area (Å²) in [5.74, 6) is 0.880. The van der Waals surface area contributed by atoms with Crippen LogP contribution in [0, 0.1) is 5.92 Å². The van der Waals surface area contributed by atoms with E-state index < -0.39 is 6.17 Å². The summed E-state index contributed by atoms with van der Waals surface area (Å²) in [6.07, 6.45) is 2.14. The third-order valence-electron chi connectivity index (χ3n) is 5.90. The summed E-state index contributed by atoms with van der Waals surface area (Å²) in [4.78, 5) is 4.91. The first-order valence-corrected chi connectivity index (χ1v) is 8.43. The summed E-state index contributed by atoms with van der Waals surface area (Å²) < 4.78 is 13.2. The molecule has 2 aliphatic heterocycles. The van der Waals surface area contributed by atoms with Crippen molar-refractivity contribution in [2.24, 2.45) is 5.92 Å². The van der Waals surface area contributed by atoms with E-state index in [-0.39, 0.29) is 0 Å². The maximum absolute atomic E-state index is 13.2. The highest BCUT2D eigenvalue weighted by molar-refractivity contribution is 5.51. The molecule has 2 heterocycles. The van der Waals surface area contributed by atoms with Gasteiger partial charge in [0.2, 0.25) is 0 Å². The number of piperidine rings is 2. The highest BCUT2D eigenvalue weighted by atomic mass is 19.1. The largest absolute Gasteiger partial charge is 0.371 e. The molecule has 0 aromatic heterocycles. The van der Waals surface area contributed by atoms with Gasteiger partial charge in [0.05, 0.1) is 0 Å². The Bertz CT molecular complexity index is 506. The molecule has 2 saturated heterocycles. The van der Waals surface area contributed by atoms with Crippen molar-refractivity contribution in [2.45, 2.75) is 37.8 Å². The standard InChI is InChI=1S/C18H25FN2/c1-2-20-12-15-11-18(15,13-20)14-3-5-17(6-4-14)21-9-7-16(19)8-10-21/h3-6,15-16H,2,7-13H2,1H3. The molecule has 3 fully saturated rings. The first-order chi connectivity index (χ1) is 10.2. The van der Waals surface area contributed by atoms with Gasteiger partial charge in [-0.3, -0.25) is 0 Å². The van der Waals surface area contributed by atoms with E-state index in [0.717, 1.165) is 19.0 Å². The van der Waals surface area contributed by atoms with Crippen LogP contribution in [0.5, 0.6) is 0 Å². The zero-order valence-electron chi connectivity index (χ0n) is 12.9. The van der Waals surface area contributed by atoms with Crippen molar-refractivity contribution >= 4 is 5.69 Å². The number of fused-ring (bicyclic) bond motifs is 1. The highest BCUT2D eigenvalue weighted by Gasteiger charge is 2.60. The lowest BCUT2D eigenvalue weighted by Gasteiger charge is -2.31.